The van der Waals surface area contributed by atoms with Crippen molar-refractivity contribution < 1.29 is 4.79 Å². The number of hydrogen-bond donors (Lipinski definition) is 0. The highest BCUT2D eigenvalue weighted by Gasteiger charge is 2.55. The highest BCUT2D eigenvalue weighted by atomic mass is 16.2. The summed E-state index contributed by atoms with van der Waals surface area (Å²) in [5, 5.41) is 0. The van der Waals surface area contributed by atoms with Crippen LogP contribution < -0.4 is 0 Å². The minimum atomic E-state index is 0.0712. The van der Waals surface area contributed by atoms with Gasteiger partial charge in [-0.2, -0.15) is 0 Å². The van der Waals surface area contributed by atoms with E-state index >= 15 is 0 Å². The largest absolute Gasteiger partial charge is 0.340 e. The van der Waals surface area contributed by atoms with E-state index in [-0.39, 0.29) is 5.41 Å². The fourth-order valence-corrected chi connectivity index (χ4v) is 7.44. The minimum Gasteiger partial charge on any atom is -0.340 e. The molecule has 5 saturated carbocycles. The van der Waals surface area contributed by atoms with Crippen LogP contribution in [0.3, 0.4) is 0 Å². The molecule has 6 fully saturated rings. The second kappa shape index (κ2) is 6.00. The Labute approximate surface area is 147 Å². The standard InChI is InChI=1S/C21H34N2O/c24-20(21-13-16-10-17(14-21)12-18(11-16)15-21)23-8-6-22(7-9-23)19-4-2-1-3-5-19/h16-19H,1-15H2. The van der Waals surface area contributed by atoms with E-state index in [1.165, 1.54) is 70.6 Å². The molecule has 24 heavy (non-hydrogen) atoms. The van der Waals surface area contributed by atoms with Crippen LogP contribution in [0.1, 0.15) is 70.6 Å². The monoisotopic (exact) mass is 330 g/mol. The first-order valence-corrected chi connectivity index (χ1v) is 10.8. The number of nitrogens with zero attached hydrogens (tertiary/aromatic N) is 2. The molecule has 0 unspecified atom stereocenters. The van der Waals surface area contributed by atoms with Gasteiger partial charge in [-0.1, -0.05) is 19.3 Å². The van der Waals surface area contributed by atoms with Crippen molar-refractivity contribution in [1.29, 1.82) is 0 Å². The number of carbonyl (C=O) groups is 1. The molecule has 5 aliphatic carbocycles. The van der Waals surface area contributed by atoms with Crippen LogP contribution in [0.4, 0.5) is 0 Å². The Kier molecular flexibility index (Phi) is 3.92. The molecule has 0 spiro atoms. The average molecular weight is 331 g/mol. The third-order valence-corrected chi connectivity index (χ3v) is 8.18. The summed E-state index contributed by atoms with van der Waals surface area (Å²) in [7, 11) is 0. The first kappa shape index (κ1) is 15.7. The molecule has 0 aromatic carbocycles. The SMILES string of the molecule is O=C(N1CCN(C2CCCCC2)CC1)C12CC3CC(CC(C3)C1)C2. The van der Waals surface area contributed by atoms with Crippen LogP contribution >= 0.6 is 0 Å². The number of rotatable bonds is 2. The van der Waals surface area contributed by atoms with Crippen molar-refractivity contribution in [3.63, 3.8) is 0 Å². The molecule has 1 amide bonds. The molecule has 6 aliphatic rings. The van der Waals surface area contributed by atoms with Crippen molar-refractivity contribution in [3.05, 3.63) is 0 Å². The predicted octanol–water partition coefficient (Wildman–Crippen LogP) is 3.68. The summed E-state index contributed by atoms with van der Waals surface area (Å²) in [5.41, 5.74) is 0.0712. The summed E-state index contributed by atoms with van der Waals surface area (Å²) >= 11 is 0. The van der Waals surface area contributed by atoms with Gasteiger partial charge in [0.15, 0.2) is 0 Å². The van der Waals surface area contributed by atoms with Gasteiger partial charge in [-0.15, -0.1) is 0 Å². The molecule has 1 saturated heterocycles. The van der Waals surface area contributed by atoms with E-state index in [2.05, 4.69) is 9.80 Å². The van der Waals surface area contributed by atoms with Gasteiger partial charge in [-0.05, 0) is 69.1 Å². The molecule has 6 rings (SSSR count). The number of piperazine rings is 1. The molecule has 1 aliphatic heterocycles. The Bertz CT molecular complexity index is 453. The lowest BCUT2D eigenvalue weighted by Gasteiger charge is -2.57. The lowest BCUT2D eigenvalue weighted by Crippen LogP contribution is -2.59. The van der Waals surface area contributed by atoms with E-state index < -0.39 is 0 Å². The van der Waals surface area contributed by atoms with E-state index in [0.29, 0.717) is 5.91 Å². The Balaban J connectivity index is 1.23. The van der Waals surface area contributed by atoms with Crippen LogP contribution in [-0.4, -0.2) is 47.9 Å². The van der Waals surface area contributed by atoms with Crippen LogP contribution in [0, 0.1) is 23.2 Å². The second-order valence-corrected chi connectivity index (χ2v) is 9.82. The highest BCUT2D eigenvalue weighted by molar-refractivity contribution is 5.83. The second-order valence-electron chi connectivity index (χ2n) is 9.82. The van der Waals surface area contributed by atoms with Gasteiger partial charge in [0, 0.05) is 32.2 Å². The third kappa shape index (κ3) is 2.62. The highest BCUT2D eigenvalue weighted by Crippen LogP contribution is 2.60. The van der Waals surface area contributed by atoms with Gasteiger partial charge < -0.3 is 4.90 Å². The molecule has 4 bridgehead atoms. The van der Waals surface area contributed by atoms with Crippen molar-refractivity contribution in [2.45, 2.75) is 76.7 Å². The Morgan fingerprint density at radius 3 is 1.83 bits per heavy atom. The normalized spacial score (nSPS) is 43.3. The maximum Gasteiger partial charge on any atom is 0.228 e. The third-order valence-electron chi connectivity index (χ3n) is 8.18. The zero-order valence-corrected chi connectivity index (χ0v) is 15.2. The van der Waals surface area contributed by atoms with Crippen molar-refractivity contribution >= 4 is 5.91 Å². The first-order chi connectivity index (χ1) is 11.7. The number of amides is 1. The van der Waals surface area contributed by atoms with Crippen LogP contribution in [0.15, 0.2) is 0 Å². The van der Waals surface area contributed by atoms with Gasteiger partial charge >= 0.3 is 0 Å². The molecule has 3 nitrogen and oxygen atoms in total. The van der Waals surface area contributed by atoms with E-state index in [1.807, 2.05) is 0 Å². The van der Waals surface area contributed by atoms with Gasteiger partial charge in [0.05, 0.1) is 5.41 Å². The lowest BCUT2D eigenvalue weighted by atomic mass is 9.49. The Hall–Kier alpha value is -0.570. The fourth-order valence-electron chi connectivity index (χ4n) is 7.44. The van der Waals surface area contributed by atoms with Gasteiger partial charge in [0.2, 0.25) is 5.91 Å². The van der Waals surface area contributed by atoms with Crippen molar-refractivity contribution in [2.75, 3.05) is 26.2 Å². The van der Waals surface area contributed by atoms with Crippen LogP contribution in [-0.2, 0) is 4.79 Å². The molecular weight excluding hydrogens is 296 g/mol. The number of hydrogen-bond acceptors (Lipinski definition) is 2. The van der Waals surface area contributed by atoms with Gasteiger partial charge in [-0.25, -0.2) is 0 Å². The van der Waals surface area contributed by atoms with Gasteiger partial charge in [0.1, 0.15) is 0 Å². The maximum absolute atomic E-state index is 13.4. The molecule has 0 aromatic heterocycles. The molecule has 1 heterocycles. The number of carbonyl (C=O) groups excluding carboxylic acids is 1. The molecule has 3 heteroatoms. The summed E-state index contributed by atoms with van der Waals surface area (Å²) in [4.78, 5) is 18.4. The summed E-state index contributed by atoms with van der Waals surface area (Å²) in [6, 6.07) is 0.815. The van der Waals surface area contributed by atoms with Crippen molar-refractivity contribution in [3.8, 4) is 0 Å². The summed E-state index contributed by atoms with van der Waals surface area (Å²) < 4.78 is 0. The molecule has 134 valence electrons. The Morgan fingerprint density at radius 2 is 1.29 bits per heavy atom. The topological polar surface area (TPSA) is 23.6 Å². The van der Waals surface area contributed by atoms with E-state index in [0.717, 1.165) is 50.0 Å². The fraction of sp³-hybridized carbons (Fsp3) is 0.952. The van der Waals surface area contributed by atoms with E-state index in [9.17, 15) is 4.79 Å². The molecular formula is C21H34N2O. The summed E-state index contributed by atoms with van der Waals surface area (Å²) in [6.45, 7) is 4.25. The average Bonchev–Trinajstić information content (AvgIpc) is 2.61. The minimum absolute atomic E-state index is 0.0712. The van der Waals surface area contributed by atoms with Gasteiger partial charge in [0.25, 0.3) is 0 Å². The molecule has 0 atom stereocenters. The van der Waals surface area contributed by atoms with Crippen LogP contribution in [0.2, 0.25) is 0 Å². The van der Waals surface area contributed by atoms with E-state index in [4.69, 9.17) is 0 Å². The molecule has 0 N–H and O–H groups in total. The summed E-state index contributed by atoms with van der Waals surface area (Å²) in [5.74, 6) is 3.20. The zero-order chi connectivity index (χ0) is 16.1. The smallest absolute Gasteiger partial charge is 0.228 e. The quantitative estimate of drug-likeness (QED) is 0.771. The molecule has 0 aromatic rings. The Morgan fingerprint density at radius 1 is 0.750 bits per heavy atom. The van der Waals surface area contributed by atoms with Crippen molar-refractivity contribution in [1.82, 2.24) is 9.80 Å². The maximum atomic E-state index is 13.4. The van der Waals surface area contributed by atoms with Gasteiger partial charge in [-0.3, -0.25) is 9.69 Å². The van der Waals surface area contributed by atoms with E-state index in [1.54, 1.807) is 0 Å². The zero-order valence-electron chi connectivity index (χ0n) is 15.2. The summed E-state index contributed by atoms with van der Waals surface area (Å²) in [6.07, 6.45) is 15.0. The van der Waals surface area contributed by atoms with Crippen LogP contribution in [0.25, 0.3) is 0 Å². The van der Waals surface area contributed by atoms with Crippen molar-refractivity contribution in [2.24, 2.45) is 23.2 Å². The first-order valence-electron chi connectivity index (χ1n) is 10.8. The predicted molar refractivity (Wildman–Crippen MR) is 95.6 cm³/mol. The molecule has 0 radical (unpaired) electrons. The van der Waals surface area contributed by atoms with Crippen LogP contribution in [0.5, 0.6) is 0 Å². The lowest BCUT2D eigenvalue weighted by molar-refractivity contribution is -0.159.